The molecule has 0 spiro atoms. The molecule has 0 aliphatic rings. The van der Waals surface area contributed by atoms with Crippen LogP contribution in [0, 0.1) is 24.1 Å². The van der Waals surface area contributed by atoms with E-state index in [4.69, 9.17) is 10.00 Å². The molecular weight excluding hydrogens is 453 g/mol. The predicted molar refractivity (Wildman–Crippen MR) is 127 cm³/mol. The van der Waals surface area contributed by atoms with Crippen molar-refractivity contribution in [2.75, 3.05) is 37.4 Å². The van der Waals surface area contributed by atoms with Gasteiger partial charge in [0.1, 0.15) is 25.0 Å². The van der Waals surface area contributed by atoms with Crippen LogP contribution >= 0.6 is 0 Å². The van der Waals surface area contributed by atoms with Crippen LogP contribution in [-0.4, -0.2) is 58.2 Å². The number of nitrogens with zero attached hydrogens (tertiary/aromatic N) is 5. The molecule has 3 rings (SSSR count). The van der Waals surface area contributed by atoms with Crippen LogP contribution in [0.1, 0.15) is 17.7 Å². The first-order valence-electron chi connectivity index (χ1n) is 10.9. The van der Waals surface area contributed by atoms with Crippen molar-refractivity contribution < 1.29 is 18.7 Å². The van der Waals surface area contributed by atoms with Gasteiger partial charge in [-0.05, 0) is 19.1 Å². The minimum Gasteiger partial charge on any atom is -0.492 e. The second-order valence-corrected chi connectivity index (χ2v) is 7.79. The van der Waals surface area contributed by atoms with Crippen LogP contribution < -0.4 is 15.4 Å². The lowest BCUT2D eigenvalue weighted by Crippen LogP contribution is -2.33. The van der Waals surface area contributed by atoms with Gasteiger partial charge in [-0.3, -0.25) is 14.3 Å². The van der Waals surface area contributed by atoms with E-state index in [1.807, 2.05) is 31.2 Å². The Morgan fingerprint density at radius 2 is 2.00 bits per heavy atom. The lowest BCUT2D eigenvalue weighted by Gasteiger charge is -2.17. The van der Waals surface area contributed by atoms with Crippen LogP contribution in [0.15, 0.2) is 48.9 Å². The Morgan fingerprint density at radius 1 is 1.23 bits per heavy atom. The maximum absolute atomic E-state index is 13.6. The summed E-state index contributed by atoms with van der Waals surface area (Å²) < 4.78 is 20.7. The lowest BCUT2D eigenvalue weighted by molar-refractivity contribution is -0.131. The second-order valence-electron chi connectivity index (χ2n) is 7.79. The quantitative estimate of drug-likeness (QED) is 0.433. The molecule has 0 bridgehead atoms. The van der Waals surface area contributed by atoms with Crippen molar-refractivity contribution in [1.82, 2.24) is 19.7 Å². The molecule has 3 aromatic rings. The first-order valence-corrected chi connectivity index (χ1v) is 10.9. The molecule has 2 amide bonds. The number of halogens is 1. The Morgan fingerprint density at radius 3 is 2.71 bits per heavy atom. The molecule has 10 nitrogen and oxygen atoms in total. The van der Waals surface area contributed by atoms with Crippen LogP contribution in [0.2, 0.25) is 0 Å². The van der Waals surface area contributed by atoms with Gasteiger partial charge in [-0.1, -0.05) is 17.7 Å². The zero-order chi connectivity index (χ0) is 25.2. The van der Waals surface area contributed by atoms with E-state index in [1.54, 1.807) is 24.2 Å². The van der Waals surface area contributed by atoms with Crippen molar-refractivity contribution in [3.05, 3.63) is 66.0 Å². The molecule has 11 heteroatoms. The number of carbonyl (C=O) groups is 2. The van der Waals surface area contributed by atoms with Crippen LogP contribution in [0.3, 0.4) is 0 Å². The number of ether oxygens (including phenoxy) is 1. The summed E-state index contributed by atoms with van der Waals surface area (Å²) in [5.41, 5.74) is 1.69. The standard InChI is InChI=1S/C24H26FN7O3/c1-17-3-5-20(6-4-17)35-10-9-31(2)24(34)16-32-15-19(14-29-32)30-23(33)7-8-27-18-11-21(25)22(12-26)28-13-18/h3-6,11,13-15,27H,7-10,16H2,1-2H3,(H,30,33). The van der Waals surface area contributed by atoms with E-state index >= 15 is 0 Å². The Hall–Kier alpha value is -4.46. The number of anilines is 2. The van der Waals surface area contributed by atoms with Gasteiger partial charge in [0.05, 0.1) is 30.3 Å². The average molecular weight is 480 g/mol. The summed E-state index contributed by atoms with van der Waals surface area (Å²) in [6.45, 7) is 3.05. The highest BCUT2D eigenvalue weighted by molar-refractivity contribution is 5.90. The largest absolute Gasteiger partial charge is 0.492 e. The number of aromatic nitrogens is 3. The van der Waals surface area contributed by atoms with Gasteiger partial charge >= 0.3 is 0 Å². The van der Waals surface area contributed by atoms with Gasteiger partial charge in [0.15, 0.2) is 11.5 Å². The highest BCUT2D eigenvalue weighted by Gasteiger charge is 2.12. The summed E-state index contributed by atoms with van der Waals surface area (Å²) in [6, 6.07) is 10.5. The summed E-state index contributed by atoms with van der Waals surface area (Å²) in [5.74, 6) is -0.407. The minimum atomic E-state index is -0.728. The van der Waals surface area contributed by atoms with Gasteiger partial charge < -0.3 is 20.3 Å². The van der Waals surface area contributed by atoms with E-state index in [0.717, 1.165) is 17.4 Å². The predicted octanol–water partition coefficient (Wildman–Crippen LogP) is 2.58. The summed E-state index contributed by atoms with van der Waals surface area (Å²) in [6.07, 6.45) is 4.46. The number of carbonyl (C=O) groups excluding carboxylic acids is 2. The number of hydrogen-bond donors (Lipinski definition) is 2. The molecule has 35 heavy (non-hydrogen) atoms. The van der Waals surface area contributed by atoms with E-state index in [9.17, 15) is 14.0 Å². The molecule has 1 aromatic carbocycles. The zero-order valence-corrected chi connectivity index (χ0v) is 19.5. The molecule has 2 aromatic heterocycles. The third-order valence-electron chi connectivity index (χ3n) is 4.98. The molecule has 0 saturated heterocycles. The molecule has 0 aliphatic carbocycles. The summed E-state index contributed by atoms with van der Waals surface area (Å²) in [5, 5.41) is 18.4. The molecule has 0 aliphatic heterocycles. The van der Waals surface area contributed by atoms with Gasteiger partial charge in [0.25, 0.3) is 0 Å². The normalized spacial score (nSPS) is 10.3. The van der Waals surface area contributed by atoms with Crippen molar-refractivity contribution in [3.8, 4) is 11.8 Å². The average Bonchev–Trinajstić information content (AvgIpc) is 3.26. The smallest absolute Gasteiger partial charge is 0.244 e. The number of rotatable bonds is 11. The lowest BCUT2D eigenvalue weighted by atomic mass is 10.2. The molecule has 182 valence electrons. The number of pyridine rings is 1. The molecule has 0 radical (unpaired) electrons. The van der Waals surface area contributed by atoms with Gasteiger partial charge in [-0.25, -0.2) is 9.37 Å². The number of nitrogens with one attached hydrogen (secondary N) is 2. The van der Waals surface area contributed by atoms with Crippen molar-refractivity contribution in [1.29, 1.82) is 5.26 Å². The fourth-order valence-electron chi connectivity index (χ4n) is 2.99. The molecule has 0 fully saturated rings. The maximum atomic E-state index is 13.6. The first-order chi connectivity index (χ1) is 16.8. The van der Waals surface area contributed by atoms with Gasteiger partial charge in [0.2, 0.25) is 11.8 Å². The van der Waals surface area contributed by atoms with E-state index in [2.05, 4.69) is 20.7 Å². The van der Waals surface area contributed by atoms with Gasteiger partial charge in [-0.15, -0.1) is 0 Å². The topological polar surface area (TPSA) is 125 Å². The SMILES string of the molecule is Cc1ccc(OCCN(C)C(=O)Cn2cc(NC(=O)CCNc3cnc(C#N)c(F)c3)cn2)cc1. The maximum Gasteiger partial charge on any atom is 0.244 e. The van der Waals surface area contributed by atoms with Crippen molar-refractivity contribution in [2.45, 2.75) is 19.9 Å². The highest BCUT2D eigenvalue weighted by atomic mass is 19.1. The summed E-state index contributed by atoms with van der Waals surface area (Å²) in [4.78, 5) is 29.8. The number of benzene rings is 1. The van der Waals surface area contributed by atoms with E-state index in [-0.39, 0.29) is 37.0 Å². The first kappa shape index (κ1) is 25.2. The number of aryl methyl sites for hydroxylation is 1. The molecule has 0 saturated carbocycles. The Kier molecular flexibility index (Phi) is 8.72. The van der Waals surface area contributed by atoms with Crippen LogP contribution in [0.5, 0.6) is 5.75 Å². The minimum absolute atomic E-state index is 0.0235. The fourth-order valence-corrected chi connectivity index (χ4v) is 2.99. The van der Waals surface area contributed by atoms with E-state index in [0.29, 0.717) is 24.5 Å². The number of nitriles is 1. The summed E-state index contributed by atoms with van der Waals surface area (Å²) in [7, 11) is 1.69. The Balaban J connectivity index is 1.37. The Labute approximate surface area is 202 Å². The van der Waals surface area contributed by atoms with Gasteiger partial charge in [-0.2, -0.15) is 10.4 Å². The third kappa shape index (κ3) is 7.82. The monoisotopic (exact) mass is 479 g/mol. The van der Waals surface area contributed by atoms with Crippen molar-refractivity contribution >= 4 is 23.2 Å². The molecule has 0 atom stereocenters. The van der Waals surface area contributed by atoms with E-state index in [1.165, 1.54) is 17.1 Å². The van der Waals surface area contributed by atoms with Crippen LogP contribution in [0.4, 0.5) is 15.8 Å². The highest BCUT2D eigenvalue weighted by Crippen LogP contribution is 2.12. The summed E-state index contributed by atoms with van der Waals surface area (Å²) >= 11 is 0. The van der Waals surface area contributed by atoms with Gasteiger partial charge in [0, 0.05) is 32.3 Å². The zero-order valence-electron chi connectivity index (χ0n) is 19.5. The van der Waals surface area contributed by atoms with E-state index < -0.39 is 5.82 Å². The molecule has 0 unspecified atom stereocenters. The number of amides is 2. The molecule has 2 N–H and O–H groups in total. The van der Waals surface area contributed by atoms with Crippen LogP contribution in [0.25, 0.3) is 0 Å². The second kappa shape index (κ2) is 12.1. The Bertz CT molecular complexity index is 1200. The third-order valence-corrected chi connectivity index (χ3v) is 4.98. The molecule has 2 heterocycles. The fraction of sp³-hybridized carbons (Fsp3) is 0.292. The van der Waals surface area contributed by atoms with Crippen molar-refractivity contribution in [2.24, 2.45) is 0 Å². The number of likely N-dealkylation sites (N-methyl/N-ethyl adjacent to an activating group) is 1. The molecular formula is C24H26FN7O3. The van der Waals surface area contributed by atoms with Crippen LogP contribution in [-0.2, 0) is 16.1 Å². The number of hydrogen-bond acceptors (Lipinski definition) is 7. The van der Waals surface area contributed by atoms with Crippen molar-refractivity contribution in [3.63, 3.8) is 0 Å².